The van der Waals surface area contributed by atoms with Crippen molar-refractivity contribution in [3.63, 3.8) is 0 Å². The SMILES string of the molecule is Cc1ccc(CN2CC(C(=O)Nc3cccc(C#N)c3)CC2=O)cc1. The number of carbonyl (C=O) groups excluding carboxylic acids is 2. The minimum absolute atomic E-state index is 0.00787. The third-order valence-corrected chi connectivity index (χ3v) is 4.34. The predicted molar refractivity (Wildman–Crippen MR) is 94.5 cm³/mol. The van der Waals surface area contributed by atoms with Gasteiger partial charge >= 0.3 is 0 Å². The second-order valence-corrected chi connectivity index (χ2v) is 6.34. The van der Waals surface area contributed by atoms with Crippen molar-refractivity contribution in [2.75, 3.05) is 11.9 Å². The van der Waals surface area contributed by atoms with Gasteiger partial charge in [-0.2, -0.15) is 5.26 Å². The van der Waals surface area contributed by atoms with Crippen LogP contribution >= 0.6 is 0 Å². The summed E-state index contributed by atoms with van der Waals surface area (Å²) in [4.78, 5) is 26.4. The number of aryl methyl sites for hydroxylation is 1. The summed E-state index contributed by atoms with van der Waals surface area (Å²) in [5.74, 6) is -0.565. The fourth-order valence-electron chi connectivity index (χ4n) is 2.93. The number of nitrogens with one attached hydrogen (secondary N) is 1. The lowest BCUT2D eigenvalue weighted by Crippen LogP contribution is -2.28. The van der Waals surface area contributed by atoms with E-state index in [0.29, 0.717) is 24.3 Å². The van der Waals surface area contributed by atoms with E-state index in [9.17, 15) is 9.59 Å². The van der Waals surface area contributed by atoms with Crippen LogP contribution in [0.15, 0.2) is 48.5 Å². The van der Waals surface area contributed by atoms with Crippen molar-refractivity contribution in [2.45, 2.75) is 19.9 Å². The zero-order valence-corrected chi connectivity index (χ0v) is 14.0. The molecule has 1 aliphatic rings. The highest BCUT2D eigenvalue weighted by Gasteiger charge is 2.34. The molecule has 0 radical (unpaired) electrons. The van der Waals surface area contributed by atoms with Gasteiger partial charge in [0.05, 0.1) is 17.6 Å². The number of likely N-dealkylation sites (tertiary alicyclic amines) is 1. The Morgan fingerprint density at radius 1 is 1.28 bits per heavy atom. The van der Waals surface area contributed by atoms with Crippen LogP contribution in [0, 0.1) is 24.2 Å². The molecule has 25 heavy (non-hydrogen) atoms. The van der Waals surface area contributed by atoms with E-state index in [4.69, 9.17) is 5.26 Å². The van der Waals surface area contributed by atoms with Gasteiger partial charge < -0.3 is 10.2 Å². The molecule has 1 fully saturated rings. The maximum absolute atomic E-state index is 12.4. The van der Waals surface area contributed by atoms with E-state index in [1.54, 1.807) is 29.2 Å². The van der Waals surface area contributed by atoms with Crippen LogP contribution in [0.4, 0.5) is 5.69 Å². The van der Waals surface area contributed by atoms with Gasteiger partial charge in [0.1, 0.15) is 0 Å². The number of anilines is 1. The van der Waals surface area contributed by atoms with Crippen molar-refractivity contribution in [2.24, 2.45) is 5.92 Å². The molecular weight excluding hydrogens is 314 g/mol. The van der Waals surface area contributed by atoms with E-state index in [0.717, 1.165) is 5.56 Å². The summed E-state index contributed by atoms with van der Waals surface area (Å²) in [6, 6.07) is 16.8. The second-order valence-electron chi connectivity index (χ2n) is 6.34. The smallest absolute Gasteiger partial charge is 0.229 e. The summed E-state index contributed by atoms with van der Waals surface area (Å²) in [6.45, 7) is 2.95. The van der Waals surface area contributed by atoms with Crippen LogP contribution in [-0.2, 0) is 16.1 Å². The molecule has 5 nitrogen and oxygen atoms in total. The van der Waals surface area contributed by atoms with Crippen molar-refractivity contribution < 1.29 is 9.59 Å². The topological polar surface area (TPSA) is 73.2 Å². The lowest BCUT2D eigenvalue weighted by Gasteiger charge is -2.17. The molecule has 1 heterocycles. The van der Waals surface area contributed by atoms with E-state index >= 15 is 0 Å². The number of nitriles is 1. The van der Waals surface area contributed by atoms with Gasteiger partial charge in [-0.25, -0.2) is 0 Å². The summed E-state index contributed by atoms with van der Waals surface area (Å²) in [5.41, 5.74) is 3.30. The highest BCUT2D eigenvalue weighted by molar-refractivity contribution is 5.97. The Hall–Kier alpha value is -3.13. The normalized spacial score (nSPS) is 16.6. The molecule has 2 amide bonds. The lowest BCUT2D eigenvalue weighted by atomic mass is 10.1. The number of amides is 2. The summed E-state index contributed by atoms with van der Waals surface area (Å²) < 4.78 is 0. The monoisotopic (exact) mass is 333 g/mol. The fraction of sp³-hybridized carbons (Fsp3) is 0.250. The second kappa shape index (κ2) is 7.18. The van der Waals surface area contributed by atoms with Crippen LogP contribution in [0.3, 0.4) is 0 Å². The van der Waals surface area contributed by atoms with Crippen LogP contribution in [0.25, 0.3) is 0 Å². The Balaban J connectivity index is 1.62. The Bertz CT molecular complexity index is 837. The number of rotatable bonds is 4. The fourth-order valence-corrected chi connectivity index (χ4v) is 2.93. The van der Waals surface area contributed by atoms with Gasteiger partial charge in [0.2, 0.25) is 11.8 Å². The summed E-state index contributed by atoms with van der Waals surface area (Å²) in [6.07, 6.45) is 0.218. The van der Waals surface area contributed by atoms with Crippen LogP contribution in [0.1, 0.15) is 23.1 Å². The number of hydrogen-bond acceptors (Lipinski definition) is 3. The molecule has 2 aromatic carbocycles. The van der Waals surface area contributed by atoms with Gasteiger partial charge in [-0.1, -0.05) is 35.9 Å². The van der Waals surface area contributed by atoms with Crippen molar-refractivity contribution in [3.8, 4) is 6.07 Å². The summed E-state index contributed by atoms with van der Waals surface area (Å²) in [5, 5.41) is 11.7. The largest absolute Gasteiger partial charge is 0.338 e. The molecule has 0 spiro atoms. The number of benzene rings is 2. The first-order valence-corrected chi connectivity index (χ1v) is 8.19. The van der Waals surface area contributed by atoms with Gasteiger partial charge in [-0.05, 0) is 30.7 Å². The van der Waals surface area contributed by atoms with Gasteiger partial charge in [0.25, 0.3) is 0 Å². The number of carbonyl (C=O) groups is 2. The van der Waals surface area contributed by atoms with Gasteiger partial charge in [-0.15, -0.1) is 0 Å². The lowest BCUT2D eigenvalue weighted by molar-refractivity contribution is -0.128. The van der Waals surface area contributed by atoms with Crippen LogP contribution < -0.4 is 5.32 Å². The van der Waals surface area contributed by atoms with Crippen molar-refractivity contribution >= 4 is 17.5 Å². The van der Waals surface area contributed by atoms with E-state index in [1.165, 1.54) is 5.56 Å². The molecule has 0 aliphatic carbocycles. The Labute approximate surface area is 146 Å². The third-order valence-electron chi connectivity index (χ3n) is 4.34. The molecule has 1 N–H and O–H groups in total. The molecule has 126 valence electrons. The van der Waals surface area contributed by atoms with E-state index in [2.05, 4.69) is 5.32 Å². The standard InChI is InChI=1S/C20H19N3O2/c1-14-5-7-15(8-6-14)12-23-13-17(10-19(23)24)20(25)22-18-4-2-3-16(9-18)11-21/h2-9,17H,10,12-13H2,1H3,(H,22,25). The molecular formula is C20H19N3O2. The highest BCUT2D eigenvalue weighted by atomic mass is 16.2. The maximum atomic E-state index is 12.4. The first-order chi connectivity index (χ1) is 12.0. The molecule has 1 atom stereocenters. The van der Waals surface area contributed by atoms with E-state index in [-0.39, 0.29) is 24.2 Å². The minimum atomic E-state index is -0.372. The Kier molecular flexibility index (Phi) is 4.80. The molecule has 0 aromatic heterocycles. The molecule has 1 unspecified atom stereocenters. The highest BCUT2D eigenvalue weighted by Crippen LogP contribution is 2.22. The first kappa shape index (κ1) is 16.7. The molecule has 1 saturated heterocycles. The number of nitrogens with zero attached hydrogens (tertiary/aromatic N) is 2. The van der Waals surface area contributed by atoms with Crippen molar-refractivity contribution in [3.05, 3.63) is 65.2 Å². The predicted octanol–water partition coefficient (Wildman–Crippen LogP) is 2.85. The molecule has 3 rings (SSSR count). The van der Waals surface area contributed by atoms with Gasteiger partial charge in [0, 0.05) is 25.2 Å². The zero-order valence-electron chi connectivity index (χ0n) is 14.0. The first-order valence-electron chi connectivity index (χ1n) is 8.19. The van der Waals surface area contributed by atoms with Crippen LogP contribution in [-0.4, -0.2) is 23.3 Å². The third kappa shape index (κ3) is 4.04. The molecule has 1 aliphatic heterocycles. The minimum Gasteiger partial charge on any atom is -0.338 e. The maximum Gasteiger partial charge on any atom is 0.229 e. The van der Waals surface area contributed by atoms with E-state index in [1.807, 2.05) is 37.3 Å². The van der Waals surface area contributed by atoms with E-state index < -0.39 is 0 Å². The summed E-state index contributed by atoms with van der Waals surface area (Å²) >= 11 is 0. The number of hydrogen-bond donors (Lipinski definition) is 1. The van der Waals surface area contributed by atoms with Gasteiger partial charge in [0.15, 0.2) is 0 Å². The molecule has 0 saturated carbocycles. The zero-order chi connectivity index (χ0) is 17.8. The quantitative estimate of drug-likeness (QED) is 0.935. The Morgan fingerprint density at radius 3 is 2.76 bits per heavy atom. The molecule has 5 heteroatoms. The Morgan fingerprint density at radius 2 is 2.04 bits per heavy atom. The van der Waals surface area contributed by atoms with Gasteiger partial charge in [-0.3, -0.25) is 9.59 Å². The summed E-state index contributed by atoms with van der Waals surface area (Å²) in [7, 11) is 0. The molecule has 0 bridgehead atoms. The van der Waals surface area contributed by atoms with Crippen LogP contribution in [0.5, 0.6) is 0 Å². The molecule has 2 aromatic rings. The van der Waals surface area contributed by atoms with Crippen LogP contribution in [0.2, 0.25) is 0 Å². The average Bonchev–Trinajstić information content (AvgIpc) is 2.98. The van der Waals surface area contributed by atoms with Crippen molar-refractivity contribution in [1.29, 1.82) is 5.26 Å². The average molecular weight is 333 g/mol. The van der Waals surface area contributed by atoms with Crippen molar-refractivity contribution in [1.82, 2.24) is 4.90 Å².